The number of esters is 1. The van der Waals surface area contributed by atoms with Gasteiger partial charge in [0, 0.05) is 42.7 Å². The smallest absolute Gasteiger partial charge is 0.340 e. The second-order valence-corrected chi connectivity index (χ2v) is 7.68. The van der Waals surface area contributed by atoms with E-state index >= 15 is 0 Å². The first-order valence-electron chi connectivity index (χ1n) is 9.95. The number of nitrogens with zero attached hydrogens (tertiary/aromatic N) is 3. The highest BCUT2D eigenvalue weighted by molar-refractivity contribution is 6.05. The van der Waals surface area contributed by atoms with Gasteiger partial charge in [-0.3, -0.25) is 4.68 Å². The Kier molecular flexibility index (Phi) is 4.81. The summed E-state index contributed by atoms with van der Waals surface area (Å²) in [5.41, 5.74) is 2.19. The molecule has 0 aliphatic carbocycles. The van der Waals surface area contributed by atoms with Crippen LogP contribution < -0.4 is 5.32 Å². The molecule has 2 atom stereocenters. The minimum Gasteiger partial charge on any atom is -0.459 e. The van der Waals surface area contributed by atoms with E-state index < -0.39 is 6.67 Å². The first-order chi connectivity index (χ1) is 14.2. The third-order valence-electron chi connectivity index (χ3n) is 5.62. The molecule has 29 heavy (non-hydrogen) atoms. The first-order valence-corrected chi connectivity index (χ1v) is 9.95. The number of benzene rings is 1. The molecule has 2 fully saturated rings. The van der Waals surface area contributed by atoms with Gasteiger partial charge in [-0.25, -0.2) is 9.18 Å². The second-order valence-electron chi connectivity index (χ2n) is 7.68. The molecular weight excluding hydrogens is 375 g/mol. The SMILES string of the molecule is O=C(OC1CC2COCC(C1)N2)c1cn(-c2cnn(CCF)c2)c2ccccc12. The number of hydrogen-bond acceptors (Lipinski definition) is 5. The molecule has 2 saturated heterocycles. The normalized spacial score (nSPS) is 24.0. The average molecular weight is 398 g/mol. The molecule has 2 unspecified atom stereocenters. The van der Waals surface area contributed by atoms with Gasteiger partial charge in [0.15, 0.2) is 0 Å². The van der Waals surface area contributed by atoms with Crippen LogP contribution in [0.4, 0.5) is 4.39 Å². The van der Waals surface area contributed by atoms with E-state index in [2.05, 4.69) is 10.4 Å². The lowest BCUT2D eigenvalue weighted by atomic mass is 9.94. The molecule has 7 nitrogen and oxygen atoms in total. The number of piperidine rings is 1. The number of alkyl halides is 1. The van der Waals surface area contributed by atoms with Crippen molar-refractivity contribution in [1.29, 1.82) is 0 Å². The number of hydrogen-bond donors (Lipinski definition) is 1. The minimum absolute atomic E-state index is 0.114. The number of aryl methyl sites for hydroxylation is 1. The van der Waals surface area contributed by atoms with Crippen LogP contribution in [0.1, 0.15) is 23.2 Å². The third kappa shape index (κ3) is 3.54. The Morgan fingerprint density at radius 1 is 1.24 bits per heavy atom. The minimum atomic E-state index is -0.478. The van der Waals surface area contributed by atoms with Crippen LogP contribution >= 0.6 is 0 Å². The van der Waals surface area contributed by atoms with Gasteiger partial charge in [-0.05, 0) is 6.07 Å². The molecule has 5 rings (SSSR count). The van der Waals surface area contributed by atoms with Crippen LogP contribution in [0.3, 0.4) is 0 Å². The highest BCUT2D eigenvalue weighted by atomic mass is 19.1. The monoisotopic (exact) mass is 398 g/mol. The van der Waals surface area contributed by atoms with E-state index in [9.17, 15) is 9.18 Å². The maximum atomic E-state index is 13.0. The fraction of sp³-hybridized carbons (Fsp3) is 0.429. The van der Waals surface area contributed by atoms with Gasteiger partial charge in [0.25, 0.3) is 0 Å². The predicted molar refractivity (Wildman–Crippen MR) is 105 cm³/mol. The zero-order valence-corrected chi connectivity index (χ0v) is 16.0. The van der Waals surface area contributed by atoms with Crippen molar-refractivity contribution in [3.05, 3.63) is 48.4 Å². The lowest BCUT2D eigenvalue weighted by Crippen LogP contribution is -2.56. The van der Waals surface area contributed by atoms with Crippen molar-refractivity contribution in [3.8, 4) is 5.69 Å². The maximum Gasteiger partial charge on any atom is 0.340 e. The zero-order valence-electron chi connectivity index (χ0n) is 16.0. The van der Waals surface area contributed by atoms with Crippen LogP contribution in [-0.4, -0.2) is 58.4 Å². The highest BCUT2D eigenvalue weighted by Gasteiger charge is 2.34. The van der Waals surface area contributed by atoms with Gasteiger partial charge in [0.1, 0.15) is 12.8 Å². The second kappa shape index (κ2) is 7.61. The summed E-state index contributed by atoms with van der Waals surface area (Å²) in [5, 5.41) is 8.52. The predicted octanol–water partition coefficient (Wildman–Crippen LogP) is 2.47. The Labute approximate surface area is 167 Å². The summed E-state index contributed by atoms with van der Waals surface area (Å²) in [7, 11) is 0. The van der Waals surface area contributed by atoms with Crippen LogP contribution in [0, 0.1) is 0 Å². The van der Waals surface area contributed by atoms with Gasteiger partial charge < -0.3 is 19.4 Å². The molecule has 3 aromatic rings. The summed E-state index contributed by atoms with van der Waals surface area (Å²) >= 11 is 0. The lowest BCUT2D eigenvalue weighted by molar-refractivity contribution is -0.0339. The number of ether oxygens (including phenoxy) is 2. The summed E-state index contributed by atoms with van der Waals surface area (Å²) in [6.45, 7) is 1.05. The average Bonchev–Trinajstić information content (AvgIpc) is 3.32. The molecule has 2 bridgehead atoms. The number of aromatic nitrogens is 3. The molecule has 1 aromatic carbocycles. The van der Waals surface area contributed by atoms with Crippen molar-refractivity contribution in [3.63, 3.8) is 0 Å². The van der Waals surface area contributed by atoms with E-state index in [0.717, 1.165) is 29.4 Å². The molecule has 0 spiro atoms. The molecular formula is C21H23FN4O3. The van der Waals surface area contributed by atoms with Gasteiger partial charge in [0.05, 0.1) is 42.7 Å². The molecule has 1 N–H and O–H groups in total. The summed E-state index contributed by atoms with van der Waals surface area (Å²) in [5.74, 6) is -0.318. The molecule has 8 heteroatoms. The van der Waals surface area contributed by atoms with Crippen molar-refractivity contribution in [2.45, 2.75) is 37.6 Å². The highest BCUT2D eigenvalue weighted by Crippen LogP contribution is 2.27. The van der Waals surface area contributed by atoms with Crippen molar-refractivity contribution >= 4 is 16.9 Å². The van der Waals surface area contributed by atoms with Crippen LogP contribution in [0.25, 0.3) is 16.6 Å². The van der Waals surface area contributed by atoms with Gasteiger partial charge in [0.2, 0.25) is 0 Å². The van der Waals surface area contributed by atoms with E-state index in [0.29, 0.717) is 18.8 Å². The number of carbonyl (C=O) groups is 1. The van der Waals surface area contributed by atoms with Gasteiger partial charge in [-0.1, -0.05) is 18.2 Å². The Hall–Kier alpha value is -2.71. The molecule has 2 aliphatic rings. The molecule has 2 aromatic heterocycles. The summed E-state index contributed by atoms with van der Waals surface area (Å²) in [4.78, 5) is 13.0. The quantitative estimate of drug-likeness (QED) is 0.669. The van der Waals surface area contributed by atoms with E-state index in [1.807, 2.05) is 28.8 Å². The fourth-order valence-electron chi connectivity index (χ4n) is 4.34. The molecule has 152 valence electrons. The van der Waals surface area contributed by atoms with Gasteiger partial charge in [-0.15, -0.1) is 0 Å². The van der Waals surface area contributed by atoms with E-state index in [-0.39, 0.29) is 30.7 Å². The van der Waals surface area contributed by atoms with Crippen LogP contribution in [0.5, 0.6) is 0 Å². The first kappa shape index (κ1) is 18.3. The standard InChI is InChI=1S/C21H23FN4O3/c22-5-6-25-10-16(9-23-25)26-11-19(18-3-1-2-4-20(18)26)21(27)29-17-7-14-12-28-13-15(8-17)24-14/h1-4,9-11,14-15,17,24H,5-8,12-13H2. The summed E-state index contributed by atoms with van der Waals surface area (Å²) < 4.78 is 27.5. The topological polar surface area (TPSA) is 70.3 Å². The number of para-hydroxylation sites is 1. The maximum absolute atomic E-state index is 13.0. The number of fused-ring (bicyclic) bond motifs is 3. The Bertz CT molecular complexity index is 1020. The van der Waals surface area contributed by atoms with E-state index in [1.54, 1.807) is 23.3 Å². The van der Waals surface area contributed by atoms with Gasteiger partial charge in [-0.2, -0.15) is 5.10 Å². The molecule has 0 saturated carbocycles. The van der Waals surface area contributed by atoms with Crippen molar-refractivity contribution in [1.82, 2.24) is 19.7 Å². The number of halogens is 1. The fourth-order valence-corrected chi connectivity index (χ4v) is 4.34. The summed E-state index contributed by atoms with van der Waals surface area (Å²) in [6, 6.07) is 8.17. The van der Waals surface area contributed by atoms with Crippen molar-refractivity contribution in [2.75, 3.05) is 19.9 Å². The van der Waals surface area contributed by atoms with E-state index in [4.69, 9.17) is 9.47 Å². The number of nitrogens with one attached hydrogen (secondary N) is 1. The number of carbonyl (C=O) groups excluding carboxylic acids is 1. The molecule has 4 heterocycles. The molecule has 0 radical (unpaired) electrons. The van der Waals surface area contributed by atoms with Crippen molar-refractivity contribution < 1.29 is 18.7 Å². The Morgan fingerprint density at radius 3 is 2.83 bits per heavy atom. The van der Waals surface area contributed by atoms with E-state index in [1.165, 1.54) is 0 Å². The van der Waals surface area contributed by atoms with Crippen molar-refractivity contribution in [2.24, 2.45) is 0 Å². The molecule has 2 aliphatic heterocycles. The third-order valence-corrected chi connectivity index (χ3v) is 5.62. The number of morpholine rings is 1. The van der Waals surface area contributed by atoms with Crippen LogP contribution in [0.2, 0.25) is 0 Å². The largest absolute Gasteiger partial charge is 0.459 e. The Balaban J connectivity index is 1.43. The Morgan fingerprint density at radius 2 is 2.03 bits per heavy atom. The zero-order chi connectivity index (χ0) is 19.8. The van der Waals surface area contributed by atoms with Crippen LogP contribution in [0.15, 0.2) is 42.9 Å². The number of rotatable bonds is 5. The summed E-state index contributed by atoms with van der Waals surface area (Å²) in [6.07, 6.45) is 6.64. The van der Waals surface area contributed by atoms with Gasteiger partial charge >= 0.3 is 5.97 Å². The lowest BCUT2D eigenvalue weighted by Gasteiger charge is -2.39. The van der Waals surface area contributed by atoms with Crippen LogP contribution in [-0.2, 0) is 16.0 Å². The molecule has 0 amide bonds.